The molecule has 0 spiro atoms. The van der Waals surface area contributed by atoms with Gasteiger partial charge in [-0.25, -0.2) is 0 Å². The molecule has 2 unspecified atom stereocenters. The molecule has 6 rings (SSSR count). The van der Waals surface area contributed by atoms with Crippen LogP contribution in [0.25, 0.3) is 0 Å². The normalized spacial score (nSPS) is 29.6. The van der Waals surface area contributed by atoms with Crippen molar-refractivity contribution < 1.29 is 9.90 Å². The van der Waals surface area contributed by atoms with Gasteiger partial charge < -0.3 is 10.4 Å². The molecular formula is C24H33N5O2. The molecular weight excluding hydrogens is 390 g/mol. The number of piperidine rings is 3. The van der Waals surface area contributed by atoms with Crippen LogP contribution in [-0.2, 0) is 23.5 Å². The van der Waals surface area contributed by atoms with E-state index in [9.17, 15) is 9.90 Å². The van der Waals surface area contributed by atoms with Crippen molar-refractivity contribution in [2.24, 2.45) is 11.8 Å². The number of nitrogens with one attached hydrogen (secondary N) is 1. The lowest BCUT2D eigenvalue weighted by Gasteiger charge is -2.49. The number of carbonyl (C=O) groups excluding carboxylic acids is 1. The Morgan fingerprint density at radius 2 is 2.00 bits per heavy atom. The van der Waals surface area contributed by atoms with Crippen molar-refractivity contribution in [1.29, 1.82) is 0 Å². The Bertz CT molecular complexity index is 892. The minimum absolute atomic E-state index is 0.0722. The Hall–Kier alpha value is -2.25. The maximum atomic E-state index is 12.8. The Morgan fingerprint density at radius 3 is 2.74 bits per heavy atom. The highest BCUT2D eigenvalue weighted by Crippen LogP contribution is 2.38. The number of carbonyl (C=O) groups is 1. The quantitative estimate of drug-likeness (QED) is 0.746. The van der Waals surface area contributed by atoms with Crippen LogP contribution < -0.4 is 5.32 Å². The van der Waals surface area contributed by atoms with Gasteiger partial charge in [-0.05, 0) is 43.7 Å². The van der Waals surface area contributed by atoms with Crippen LogP contribution in [0.5, 0.6) is 0 Å². The molecule has 3 saturated heterocycles. The van der Waals surface area contributed by atoms with Gasteiger partial charge in [-0.3, -0.25) is 14.4 Å². The van der Waals surface area contributed by atoms with Gasteiger partial charge in [0.1, 0.15) is 11.3 Å². The van der Waals surface area contributed by atoms with E-state index >= 15 is 0 Å². The summed E-state index contributed by atoms with van der Waals surface area (Å²) in [5.74, 6) is 0.679. The van der Waals surface area contributed by atoms with E-state index in [2.05, 4.69) is 20.5 Å². The summed E-state index contributed by atoms with van der Waals surface area (Å²) in [6.07, 6.45) is 8.90. The van der Waals surface area contributed by atoms with E-state index < -0.39 is 5.60 Å². The first-order valence-corrected chi connectivity index (χ1v) is 11.8. The Morgan fingerprint density at radius 1 is 1.19 bits per heavy atom. The third-order valence-electron chi connectivity index (χ3n) is 7.62. The van der Waals surface area contributed by atoms with Crippen molar-refractivity contribution in [2.75, 3.05) is 13.1 Å². The van der Waals surface area contributed by atoms with E-state index in [1.807, 2.05) is 41.2 Å². The van der Waals surface area contributed by atoms with Gasteiger partial charge in [-0.15, -0.1) is 5.10 Å². The van der Waals surface area contributed by atoms with Crippen molar-refractivity contribution in [3.63, 3.8) is 0 Å². The molecule has 7 nitrogen and oxygen atoms in total. The number of aliphatic hydroxyl groups is 1. The van der Waals surface area contributed by atoms with Gasteiger partial charge >= 0.3 is 0 Å². The van der Waals surface area contributed by atoms with Crippen molar-refractivity contribution in [3.8, 4) is 0 Å². The standard InChI is InChI=1S/C24H33N5O2/c30-23(25-14-18-7-3-1-4-8-18)21-16-28-12-9-19(21)13-20(28)15-29-17-22(26-27-29)24(31)10-5-2-6-11-24/h1,3-4,7-8,17,19-21,31H,2,5-6,9-16H2,(H,25,30)/t19?,20-,21+/m1/s1. The first kappa shape index (κ1) is 20.6. The van der Waals surface area contributed by atoms with Crippen LogP contribution in [0.15, 0.2) is 36.5 Å². The molecule has 166 valence electrons. The van der Waals surface area contributed by atoms with Crippen molar-refractivity contribution in [1.82, 2.24) is 25.2 Å². The lowest BCUT2D eigenvalue weighted by molar-refractivity contribution is -0.133. The van der Waals surface area contributed by atoms with Crippen LogP contribution >= 0.6 is 0 Å². The second-order valence-corrected chi connectivity index (χ2v) is 9.66. The molecule has 2 aromatic rings. The SMILES string of the molecule is O=C(NCc1ccccc1)[C@H]1CN2CCC1C[C@@H]2Cn1cc(C2(O)CCCCC2)nn1. The highest BCUT2D eigenvalue weighted by atomic mass is 16.3. The van der Waals surface area contributed by atoms with Gasteiger partial charge in [-0.2, -0.15) is 0 Å². The first-order valence-electron chi connectivity index (χ1n) is 11.8. The zero-order chi connectivity index (χ0) is 21.3. The number of rotatable bonds is 6. The maximum absolute atomic E-state index is 12.8. The smallest absolute Gasteiger partial charge is 0.224 e. The zero-order valence-electron chi connectivity index (χ0n) is 18.1. The van der Waals surface area contributed by atoms with Crippen LogP contribution in [0.2, 0.25) is 0 Å². The molecule has 1 aliphatic carbocycles. The lowest BCUT2D eigenvalue weighted by atomic mass is 9.75. The minimum atomic E-state index is -0.801. The van der Waals surface area contributed by atoms with Gasteiger partial charge in [0.2, 0.25) is 5.91 Å². The largest absolute Gasteiger partial charge is 0.383 e. The van der Waals surface area contributed by atoms with Crippen LogP contribution in [0.1, 0.15) is 56.2 Å². The van der Waals surface area contributed by atoms with Crippen LogP contribution in [0.3, 0.4) is 0 Å². The summed E-state index contributed by atoms with van der Waals surface area (Å²) in [6, 6.07) is 10.5. The number of hydrogen-bond acceptors (Lipinski definition) is 5. The number of amides is 1. The molecule has 1 amide bonds. The number of fused-ring (bicyclic) bond motifs is 3. The Labute approximate surface area is 183 Å². The predicted octanol–water partition coefficient (Wildman–Crippen LogP) is 2.46. The molecule has 1 aromatic carbocycles. The topological polar surface area (TPSA) is 83.3 Å². The molecule has 7 heteroatoms. The maximum Gasteiger partial charge on any atom is 0.224 e. The predicted molar refractivity (Wildman–Crippen MR) is 117 cm³/mol. The number of hydrogen-bond donors (Lipinski definition) is 2. The van der Waals surface area contributed by atoms with Gasteiger partial charge in [0, 0.05) is 19.1 Å². The van der Waals surface area contributed by atoms with Gasteiger partial charge in [0.15, 0.2) is 0 Å². The van der Waals surface area contributed by atoms with Crippen LogP contribution in [0.4, 0.5) is 0 Å². The monoisotopic (exact) mass is 423 g/mol. The molecule has 1 aromatic heterocycles. The van der Waals surface area contributed by atoms with Gasteiger partial charge in [0.05, 0.1) is 18.7 Å². The van der Waals surface area contributed by atoms with E-state index in [4.69, 9.17) is 0 Å². The first-order chi connectivity index (χ1) is 15.1. The molecule has 4 fully saturated rings. The molecule has 1 saturated carbocycles. The summed E-state index contributed by atoms with van der Waals surface area (Å²) in [5.41, 5.74) is 1.06. The third-order valence-corrected chi connectivity index (χ3v) is 7.62. The lowest BCUT2D eigenvalue weighted by Crippen LogP contribution is -2.58. The third kappa shape index (κ3) is 4.39. The number of benzene rings is 1. The molecule has 2 N–H and O–H groups in total. The second kappa shape index (κ2) is 8.71. The molecule has 31 heavy (non-hydrogen) atoms. The van der Waals surface area contributed by atoms with Crippen LogP contribution in [-0.4, -0.2) is 50.0 Å². The Kier molecular flexibility index (Phi) is 5.80. The summed E-state index contributed by atoms with van der Waals surface area (Å²) >= 11 is 0. The zero-order valence-corrected chi connectivity index (χ0v) is 18.1. The summed E-state index contributed by atoms with van der Waals surface area (Å²) < 4.78 is 1.90. The second-order valence-electron chi connectivity index (χ2n) is 9.66. The molecule has 0 radical (unpaired) electrons. The van der Waals surface area contributed by atoms with Gasteiger partial charge in [-0.1, -0.05) is 54.8 Å². The summed E-state index contributed by atoms with van der Waals surface area (Å²) in [5, 5.41) is 22.7. The van der Waals surface area contributed by atoms with E-state index in [-0.39, 0.29) is 11.8 Å². The molecule has 4 aliphatic rings. The number of aromatic nitrogens is 3. The summed E-state index contributed by atoms with van der Waals surface area (Å²) in [7, 11) is 0. The van der Waals surface area contributed by atoms with Crippen molar-refractivity contribution >= 4 is 5.91 Å². The average molecular weight is 424 g/mol. The fraction of sp³-hybridized carbons (Fsp3) is 0.625. The minimum Gasteiger partial charge on any atom is -0.383 e. The van der Waals surface area contributed by atoms with Crippen LogP contribution in [0, 0.1) is 11.8 Å². The molecule has 4 heterocycles. The Balaban J connectivity index is 1.17. The van der Waals surface area contributed by atoms with E-state index in [0.717, 1.165) is 69.4 Å². The average Bonchev–Trinajstić information content (AvgIpc) is 3.29. The molecule has 2 bridgehead atoms. The summed E-state index contributed by atoms with van der Waals surface area (Å²) in [6.45, 7) is 3.24. The highest BCUT2D eigenvalue weighted by molar-refractivity contribution is 5.79. The number of nitrogens with zero attached hydrogens (tertiary/aromatic N) is 4. The van der Waals surface area contributed by atoms with E-state index in [1.54, 1.807) is 0 Å². The fourth-order valence-electron chi connectivity index (χ4n) is 5.75. The van der Waals surface area contributed by atoms with E-state index in [1.165, 1.54) is 6.42 Å². The fourth-order valence-corrected chi connectivity index (χ4v) is 5.75. The van der Waals surface area contributed by atoms with E-state index in [0.29, 0.717) is 18.5 Å². The van der Waals surface area contributed by atoms with Crippen molar-refractivity contribution in [3.05, 3.63) is 47.8 Å². The van der Waals surface area contributed by atoms with Crippen molar-refractivity contribution in [2.45, 2.75) is 69.7 Å². The molecule has 3 aliphatic heterocycles. The molecule has 4 atom stereocenters. The van der Waals surface area contributed by atoms with Gasteiger partial charge in [0.25, 0.3) is 0 Å². The summed E-state index contributed by atoms with van der Waals surface area (Å²) in [4.78, 5) is 15.3. The highest BCUT2D eigenvalue weighted by Gasteiger charge is 2.43.